The molecule has 1 aromatic heterocycles. The molecule has 0 amide bonds. The summed E-state index contributed by atoms with van der Waals surface area (Å²) in [5, 5.41) is 0.603. The summed E-state index contributed by atoms with van der Waals surface area (Å²) in [6.07, 6.45) is 4.90. The lowest BCUT2D eigenvalue weighted by Gasteiger charge is -2.18. The summed E-state index contributed by atoms with van der Waals surface area (Å²) in [7, 11) is -3.14. The third-order valence-electron chi connectivity index (χ3n) is 3.95. The van der Waals surface area contributed by atoms with E-state index in [0.717, 1.165) is 38.0 Å². The van der Waals surface area contributed by atoms with Crippen molar-refractivity contribution in [2.45, 2.75) is 24.3 Å². The molecule has 0 unspecified atom stereocenters. The van der Waals surface area contributed by atoms with Crippen molar-refractivity contribution in [2.24, 2.45) is 0 Å². The zero-order chi connectivity index (χ0) is 15.7. The molecule has 118 valence electrons. The normalized spacial score (nSPS) is 16.2. The van der Waals surface area contributed by atoms with Crippen molar-refractivity contribution in [3.8, 4) is 0 Å². The van der Waals surface area contributed by atoms with Crippen LogP contribution in [0.2, 0.25) is 0 Å². The van der Waals surface area contributed by atoms with E-state index in [0.29, 0.717) is 10.0 Å². The van der Waals surface area contributed by atoms with Gasteiger partial charge in [0.1, 0.15) is 0 Å². The fraction of sp³-hybridized carbons (Fsp3) is 0.400. The Bertz CT molecular complexity index is 784. The lowest BCUT2D eigenvalue weighted by molar-refractivity contribution is 0.281. The van der Waals surface area contributed by atoms with Crippen molar-refractivity contribution < 1.29 is 8.42 Å². The van der Waals surface area contributed by atoms with E-state index in [1.807, 2.05) is 18.3 Å². The van der Waals surface area contributed by atoms with Crippen molar-refractivity contribution >= 4 is 26.3 Å². The largest absolute Gasteiger partial charge is 0.375 e. The van der Waals surface area contributed by atoms with E-state index in [-0.39, 0.29) is 0 Å². The van der Waals surface area contributed by atoms with Crippen LogP contribution in [0.4, 0.5) is 5.13 Å². The van der Waals surface area contributed by atoms with Gasteiger partial charge in [0.25, 0.3) is 0 Å². The van der Waals surface area contributed by atoms with Gasteiger partial charge in [-0.05, 0) is 36.1 Å². The Kier molecular flexibility index (Phi) is 4.20. The van der Waals surface area contributed by atoms with Crippen molar-refractivity contribution in [2.75, 3.05) is 25.1 Å². The van der Waals surface area contributed by atoms with Gasteiger partial charge >= 0.3 is 0 Å². The Morgan fingerprint density at radius 1 is 1.27 bits per heavy atom. The van der Waals surface area contributed by atoms with Crippen molar-refractivity contribution in [3.63, 3.8) is 0 Å². The second kappa shape index (κ2) is 5.98. The Hall–Kier alpha value is -1.44. The van der Waals surface area contributed by atoms with Gasteiger partial charge in [-0.25, -0.2) is 13.4 Å². The van der Waals surface area contributed by atoms with Gasteiger partial charge in [-0.2, -0.15) is 0 Å². The molecule has 2 N–H and O–H groups in total. The third-order valence-corrected chi connectivity index (χ3v) is 5.87. The van der Waals surface area contributed by atoms with Gasteiger partial charge in [0.05, 0.1) is 4.90 Å². The molecule has 0 saturated carbocycles. The van der Waals surface area contributed by atoms with Crippen LogP contribution in [0.3, 0.4) is 0 Å². The molecule has 0 fully saturated rings. The van der Waals surface area contributed by atoms with Gasteiger partial charge in [0.2, 0.25) is 0 Å². The first kappa shape index (κ1) is 15.5. The number of aromatic nitrogens is 1. The SMILES string of the molecule is CS(=O)(=O)c1ccc2c(c1)CCN(Cc1cnc(N)s1)CC2. The minimum atomic E-state index is -3.14. The molecule has 0 radical (unpaired) electrons. The van der Waals surface area contributed by atoms with Crippen LogP contribution < -0.4 is 5.73 Å². The number of rotatable bonds is 3. The van der Waals surface area contributed by atoms with E-state index in [1.54, 1.807) is 6.07 Å². The number of nitrogen functional groups attached to an aromatic ring is 1. The van der Waals surface area contributed by atoms with Gasteiger partial charge in [-0.15, -0.1) is 11.3 Å². The minimum Gasteiger partial charge on any atom is -0.375 e. The molecule has 0 atom stereocenters. The number of nitrogens with two attached hydrogens (primary N) is 1. The summed E-state index contributed by atoms with van der Waals surface area (Å²) in [6, 6.07) is 5.51. The zero-order valence-corrected chi connectivity index (χ0v) is 14.1. The Morgan fingerprint density at radius 3 is 2.64 bits per heavy atom. The fourth-order valence-electron chi connectivity index (χ4n) is 2.75. The number of sulfone groups is 1. The van der Waals surface area contributed by atoms with Crippen LogP contribution in [0, 0.1) is 0 Å². The van der Waals surface area contributed by atoms with Crippen molar-refractivity contribution in [1.29, 1.82) is 0 Å². The number of nitrogens with zero attached hydrogens (tertiary/aromatic N) is 2. The van der Waals surface area contributed by atoms with E-state index in [9.17, 15) is 8.42 Å². The zero-order valence-electron chi connectivity index (χ0n) is 12.4. The molecule has 3 rings (SSSR count). The second-order valence-electron chi connectivity index (χ2n) is 5.64. The minimum absolute atomic E-state index is 0.412. The number of anilines is 1. The van der Waals surface area contributed by atoms with Crippen molar-refractivity contribution in [1.82, 2.24) is 9.88 Å². The summed E-state index contributed by atoms with van der Waals surface area (Å²) in [5.41, 5.74) is 8.07. The molecule has 1 aliphatic rings. The third kappa shape index (κ3) is 3.48. The van der Waals surface area contributed by atoms with Gasteiger partial charge in [-0.3, -0.25) is 4.90 Å². The van der Waals surface area contributed by atoms with Gasteiger partial charge in [0.15, 0.2) is 15.0 Å². The lowest BCUT2D eigenvalue weighted by atomic mass is 10.0. The summed E-state index contributed by atoms with van der Waals surface area (Å²) in [5.74, 6) is 0. The molecule has 2 heterocycles. The van der Waals surface area contributed by atoms with Crippen LogP contribution in [0.25, 0.3) is 0 Å². The summed E-state index contributed by atoms with van der Waals surface area (Å²) in [4.78, 5) is 8.03. The second-order valence-corrected chi connectivity index (χ2v) is 8.81. The molecule has 5 nitrogen and oxygen atoms in total. The molecule has 0 aliphatic carbocycles. The Morgan fingerprint density at radius 2 is 2.00 bits per heavy atom. The number of fused-ring (bicyclic) bond motifs is 1. The summed E-state index contributed by atoms with van der Waals surface area (Å²) >= 11 is 1.52. The number of thiazole rings is 1. The van der Waals surface area contributed by atoms with Crippen LogP contribution in [-0.2, 0) is 29.2 Å². The first-order valence-electron chi connectivity index (χ1n) is 7.16. The van der Waals surface area contributed by atoms with Crippen LogP contribution >= 0.6 is 11.3 Å². The molecular formula is C15H19N3O2S2. The van der Waals surface area contributed by atoms with Gasteiger partial charge < -0.3 is 5.73 Å². The highest BCUT2D eigenvalue weighted by Gasteiger charge is 2.17. The highest BCUT2D eigenvalue weighted by Crippen LogP contribution is 2.22. The lowest BCUT2D eigenvalue weighted by Crippen LogP contribution is -2.25. The fourth-order valence-corrected chi connectivity index (χ4v) is 4.15. The number of hydrogen-bond acceptors (Lipinski definition) is 6. The van der Waals surface area contributed by atoms with Gasteiger partial charge in [0, 0.05) is 37.0 Å². The Labute approximate surface area is 134 Å². The molecule has 1 aromatic carbocycles. The highest BCUT2D eigenvalue weighted by molar-refractivity contribution is 7.90. The van der Waals surface area contributed by atoms with E-state index in [1.165, 1.54) is 28.0 Å². The molecule has 7 heteroatoms. The van der Waals surface area contributed by atoms with Crippen LogP contribution in [0.5, 0.6) is 0 Å². The quantitative estimate of drug-likeness (QED) is 0.923. The number of benzene rings is 1. The molecular weight excluding hydrogens is 318 g/mol. The highest BCUT2D eigenvalue weighted by atomic mass is 32.2. The van der Waals surface area contributed by atoms with E-state index >= 15 is 0 Å². The van der Waals surface area contributed by atoms with E-state index in [4.69, 9.17) is 5.73 Å². The predicted molar refractivity (Wildman–Crippen MR) is 88.8 cm³/mol. The smallest absolute Gasteiger partial charge is 0.180 e. The van der Waals surface area contributed by atoms with E-state index in [2.05, 4.69) is 9.88 Å². The maximum atomic E-state index is 11.7. The topological polar surface area (TPSA) is 76.3 Å². The first-order chi connectivity index (χ1) is 10.4. The molecule has 2 aromatic rings. The van der Waals surface area contributed by atoms with Crippen LogP contribution in [0.15, 0.2) is 29.3 Å². The molecule has 1 aliphatic heterocycles. The summed E-state index contributed by atoms with van der Waals surface area (Å²) in [6.45, 7) is 2.73. The van der Waals surface area contributed by atoms with Crippen LogP contribution in [0.1, 0.15) is 16.0 Å². The maximum Gasteiger partial charge on any atom is 0.180 e. The predicted octanol–water partition coefficient (Wildman–Crippen LogP) is 1.73. The average molecular weight is 337 g/mol. The first-order valence-corrected chi connectivity index (χ1v) is 9.87. The maximum absolute atomic E-state index is 11.7. The Balaban J connectivity index is 1.75. The van der Waals surface area contributed by atoms with Gasteiger partial charge in [-0.1, -0.05) is 6.07 Å². The van der Waals surface area contributed by atoms with Crippen molar-refractivity contribution in [3.05, 3.63) is 40.4 Å². The molecule has 0 spiro atoms. The molecule has 0 saturated heterocycles. The average Bonchev–Trinajstić information content (AvgIpc) is 2.75. The van der Waals surface area contributed by atoms with Crippen LogP contribution in [-0.4, -0.2) is 37.6 Å². The number of hydrogen-bond donors (Lipinski definition) is 1. The monoisotopic (exact) mass is 337 g/mol. The van der Waals surface area contributed by atoms with E-state index < -0.39 is 9.84 Å². The molecule has 22 heavy (non-hydrogen) atoms. The summed E-state index contributed by atoms with van der Waals surface area (Å²) < 4.78 is 23.4. The molecule has 0 bridgehead atoms. The standard InChI is InChI=1S/C15H19N3O2S2/c1-22(19,20)14-3-2-11-4-6-18(7-5-12(11)8-14)10-13-9-17-15(16)21-13/h2-3,8-9H,4-7,10H2,1H3,(H2,16,17).